The van der Waals surface area contributed by atoms with E-state index in [0.717, 1.165) is 17.0 Å². The van der Waals surface area contributed by atoms with E-state index in [-0.39, 0.29) is 24.8 Å². The van der Waals surface area contributed by atoms with Crippen molar-refractivity contribution in [3.8, 4) is 0 Å². The number of Topliss-reactive ketones (excluding diaryl/α,β-unsaturated/α-hetero) is 1. The first kappa shape index (κ1) is 19.7. The number of rotatable bonds is 8. The first-order chi connectivity index (χ1) is 12.4. The molecule has 2 N–H and O–H groups in total. The van der Waals surface area contributed by atoms with Crippen LogP contribution in [0.5, 0.6) is 0 Å². The largest absolute Gasteiger partial charge is 0.462 e. The van der Waals surface area contributed by atoms with Crippen molar-refractivity contribution in [2.75, 3.05) is 23.8 Å². The second-order valence-electron chi connectivity index (χ2n) is 5.56. The van der Waals surface area contributed by atoms with Gasteiger partial charge in [-0.25, -0.2) is 4.79 Å². The Balaban J connectivity index is 1.99. The van der Waals surface area contributed by atoms with Crippen molar-refractivity contribution in [2.45, 2.75) is 27.2 Å². The predicted octanol–water partition coefficient (Wildman–Crippen LogP) is 3.74. The number of amides is 1. The van der Waals surface area contributed by atoms with Crippen LogP contribution in [0.25, 0.3) is 0 Å². The number of hydrogen-bond acceptors (Lipinski definition) is 6. The summed E-state index contributed by atoms with van der Waals surface area (Å²) in [4.78, 5) is 36.5. The Kier molecular flexibility index (Phi) is 6.91. The highest BCUT2D eigenvalue weighted by Crippen LogP contribution is 2.29. The van der Waals surface area contributed by atoms with Crippen LogP contribution in [-0.4, -0.2) is 30.8 Å². The van der Waals surface area contributed by atoms with E-state index in [0.29, 0.717) is 16.1 Å². The van der Waals surface area contributed by atoms with Crippen LogP contribution in [0.3, 0.4) is 0 Å². The van der Waals surface area contributed by atoms with Crippen molar-refractivity contribution >= 4 is 39.7 Å². The number of anilines is 2. The second-order valence-corrected chi connectivity index (χ2v) is 6.70. The van der Waals surface area contributed by atoms with Crippen molar-refractivity contribution in [1.29, 1.82) is 0 Å². The molecule has 0 bridgehead atoms. The molecular formula is C19H22N2O4S. The third kappa shape index (κ3) is 5.16. The smallest absolute Gasteiger partial charge is 0.341 e. The lowest BCUT2D eigenvalue weighted by Crippen LogP contribution is -2.22. The normalized spacial score (nSPS) is 10.3. The molecule has 0 aliphatic heterocycles. The molecule has 138 valence electrons. The zero-order chi connectivity index (χ0) is 19.1. The first-order valence-corrected chi connectivity index (χ1v) is 9.20. The number of thiophene rings is 1. The maximum absolute atomic E-state index is 12.2. The third-order valence-electron chi connectivity index (χ3n) is 3.62. The van der Waals surface area contributed by atoms with Crippen LogP contribution in [0, 0.1) is 0 Å². The van der Waals surface area contributed by atoms with Gasteiger partial charge >= 0.3 is 5.97 Å². The van der Waals surface area contributed by atoms with Gasteiger partial charge in [-0.2, -0.15) is 0 Å². The number of benzene rings is 1. The van der Waals surface area contributed by atoms with Crippen LogP contribution in [0.1, 0.15) is 46.4 Å². The minimum atomic E-state index is -0.438. The number of carbonyl (C=O) groups excluding carboxylic acids is 3. The Morgan fingerprint density at radius 3 is 2.38 bits per heavy atom. The molecule has 1 amide bonds. The molecular weight excluding hydrogens is 352 g/mol. The van der Waals surface area contributed by atoms with Crippen molar-refractivity contribution in [3.63, 3.8) is 0 Å². The summed E-state index contributed by atoms with van der Waals surface area (Å²) in [5, 5.41) is 6.26. The fourth-order valence-electron chi connectivity index (χ4n) is 2.25. The lowest BCUT2D eigenvalue weighted by Gasteiger charge is -2.08. The van der Waals surface area contributed by atoms with Crippen molar-refractivity contribution < 1.29 is 19.1 Å². The summed E-state index contributed by atoms with van der Waals surface area (Å²) >= 11 is 1.37. The molecule has 0 spiro atoms. The Morgan fingerprint density at radius 2 is 1.81 bits per heavy atom. The molecule has 0 saturated carbocycles. The van der Waals surface area contributed by atoms with Gasteiger partial charge in [0.25, 0.3) is 0 Å². The number of aryl methyl sites for hydroxylation is 1. The van der Waals surface area contributed by atoms with E-state index in [9.17, 15) is 14.4 Å². The van der Waals surface area contributed by atoms with Gasteiger partial charge in [0, 0.05) is 16.1 Å². The molecule has 0 aliphatic rings. The molecule has 1 aromatic heterocycles. The summed E-state index contributed by atoms with van der Waals surface area (Å²) in [6.45, 7) is 5.55. The number of ether oxygens (including phenoxy) is 1. The molecule has 1 heterocycles. The fourth-order valence-corrected chi connectivity index (χ4v) is 3.25. The molecule has 0 atom stereocenters. The lowest BCUT2D eigenvalue weighted by molar-refractivity contribution is -0.114. The van der Waals surface area contributed by atoms with Gasteiger partial charge in [-0.3, -0.25) is 9.59 Å². The highest BCUT2D eigenvalue weighted by atomic mass is 32.1. The molecule has 0 unspecified atom stereocenters. The summed E-state index contributed by atoms with van der Waals surface area (Å²) < 4.78 is 5.04. The highest BCUT2D eigenvalue weighted by molar-refractivity contribution is 7.16. The minimum Gasteiger partial charge on any atom is -0.462 e. The van der Waals surface area contributed by atoms with Gasteiger partial charge in [0.05, 0.1) is 18.7 Å². The lowest BCUT2D eigenvalue weighted by atomic mass is 10.1. The van der Waals surface area contributed by atoms with Gasteiger partial charge in [0.2, 0.25) is 5.91 Å². The molecule has 0 radical (unpaired) electrons. The molecule has 2 rings (SSSR count). The quantitative estimate of drug-likeness (QED) is 0.543. The van der Waals surface area contributed by atoms with Crippen LogP contribution >= 0.6 is 11.3 Å². The summed E-state index contributed by atoms with van der Waals surface area (Å²) in [6.07, 6.45) is 0.772. The van der Waals surface area contributed by atoms with Gasteiger partial charge in [-0.15, -0.1) is 11.3 Å². The predicted molar refractivity (Wildman–Crippen MR) is 103 cm³/mol. The third-order valence-corrected chi connectivity index (χ3v) is 4.82. The van der Waals surface area contributed by atoms with Crippen molar-refractivity contribution in [3.05, 3.63) is 46.3 Å². The Labute approximate surface area is 156 Å². The molecule has 0 fully saturated rings. The minimum absolute atomic E-state index is 0.00906. The second kappa shape index (κ2) is 9.15. The standard InChI is InChI=1S/C19H22N2O4S/c1-4-15-10-16(19(24)25-5-2)18(26-15)21-17(23)11-20-14-8-6-13(7-9-14)12(3)22/h6-10,20H,4-5,11H2,1-3H3,(H,21,23). The van der Waals surface area contributed by atoms with E-state index in [4.69, 9.17) is 4.74 Å². The fraction of sp³-hybridized carbons (Fsp3) is 0.316. The summed E-state index contributed by atoms with van der Waals surface area (Å²) in [5.74, 6) is -0.715. The number of ketones is 1. The van der Waals surface area contributed by atoms with E-state index in [1.165, 1.54) is 18.3 Å². The molecule has 26 heavy (non-hydrogen) atoms. The topological polar surface area (TPSA) is 84.5 Å². The van der Waals surface area contributed by atoms with Crippen LogP contribution in [0.2, 0.25) is 0 Å². The van der Waals surface area contributed by atoms with Crippen LogP contribution in [0.15, 0.2) is 30.3 Å². The number of carbonyl (C=O) groups is 3. The SMILES string of the molecule is CCOC(=O)c1cc(CC)sc1NC(=O)CNc1ccc(C(C)=O)cc1. The zero-order valence-corrected chi connectivity index (χ0v) is 15.9. The molecule has 2 aromatic rings. The average molecular weight is 374 g/mol. The monoisotopic (exact) mass is 374 g/mol. The molecule has 0 aliphatic carbocycles. The summed E-state index contributed by atoms with van der Waals surface area (Å²) in [7, 11) is 0. The number of nitrogens with one attached hydrogen (secondary N) is 2. The Morgan fingerprint density at radius 1 is 1.12 bits per heavy atom. The van der Waals surface area contributed by atoms with Crippen molar-refractivity contribution in [1.82, 2.24) is 0 Å². The molecule has 1 aromatic carbocycles. The Bertz CT molecular complexity index is 796. The van der Waals surface area contributed by atoms with E-state index in [2.05, 4.69) is 10.6 Å². The van der Waals surface area contributed by atoms with Gasteiger partial charge < -0.3 is 15.4 Å². The zero-order valence-electron chi connectivity index (χ0n) is 15.0. The first-order valence-electron chi connectivity index (χ1n) is 8.39. The van der Waals surface area contributed by atoms with E-state index >= 15 is 0 Å². The van der Waals surface area contributed by atoms with Crippen LogP contribution < -0.4 is 10.6 Å². The molecule has 0 saturated heterocycles. The van der Waals surface area contributed by atoms with Gasteiger partial charge in [-0.1, -0.05) is 6.92 Å². The van der Waals surface area contributed by atoms with Gasteiger partial charge in [-0.05, 0) is 50.6 Å². The summed E-state index contributed by atoms with van der Waals surface area (Å²) in [6, 6.07) is 8.65. The van der Waals surface area contributed by atoms with Crippen LogP contribution in [-0.2, 0) is 16.0 Å². The molecule has 7 heteroatoms. The van der Waals surface area contributed by atoms with E-state index in [1.807, 2.05) is 6.92 Å². The maximum Gasteiger partial charge on any atom is 0.341 e. The maximum atomic E-state index is 12.2. The number of esters is 1. The van der Waals surface area contributed by atoms with Gasteiger partial charge in [0.1, 0.15) is 5.00 Å². The van der Waals surface area contributed by atoms with Gasteiger partial charge in [0.15, 0.2) is 5.78 Å². The molecule has 6 nitrogen and oxygen atoms in total. The number of hydrogen-bond donors (Lipinski definition) is 2. The highest BCUT2D eigenvalue weighted by Gasteiger charge is 2.18. The van der Waals surface area contributed by atoms with E-state index in [1.54, 1.807) is 37.3 Å². The van der Waals surface area contributed by atoms with Crippen molar-refractivity contribution in [2.24, 2.45) is 0 Å². The average Bonchev–Trinajstić information content (AvgIpc) is 3.03. The van der Waals surface area contributed by atoms with E-state index < -0.39 is 5.97 Å². The summed E-state index contributed by atoms with van der Waals surface area (Å²) in [5.41, 5.74) is 1.73. The Hall–Kier alpha value is -2.67. The van der Waals surface area contributed by atoms with Crippen LogP contribution in [0.4, 0.5) is 10.7 Å².